The molecule has 4 heteroatoms. The van der Waals surface area contributed by atoms with Gasteiger partial charge in [0.25, 0.3) is 0 Å². The van der Waals surface area contributed by atoms with Crippen molar-refractivity contribution in [3.05, 3.63) is 60.2 Å². The van der Waals surface area contributed by atoms with E-state index in [1.807, 2.05) is 66.5 Å². The Balaban J connectivity index is 1.91. The number of nitrogens with one attached hydrogen (secondary N) is 1. The molecule has 2 aromatic rings. The van der Waals surface area contributed by atoms with Gasteiger partial charge in [-0.2, -0.15) is 5.26 Å². The number of anilines is 2. The maximum Gasteiger partial charge on any atom is 0.243 e. The third-order valence-electron chi connectivity index (χ3n) is 3.10. The molecule has 0 spiro atoms. The van der Waals surface area contributed by atoms with Crippen molar-refractivity contribution >= 4 is 17.3 Å². The number of amides is 1. The van der Waals surface area contributed by atoms with Gasteiger partial charge in [-0.15, -0.1) is 0 Å². The first-order chi connectivity index (χ1) is 10.2. The van der Waals surface area contributed by atoms with Crippen LogP contribution in [0.5, 0.6) is 0 Å². The third-order valence-corrected chi connectivity index (χ3v) is 3.10. The monoisotopic (exact) mass is 279 g/mol. The number of nitrogens with zero attached hydrogens (tertiary/aromatic N) is 2. The van der Waals surface area contributed by atoms with Gasteiger partial charge in [-0.25, -0.2) is 0 Å². The van der Waals surface area contributed by atoms with Gasteiger partial charge in [0, 0.05) is 18.4 Å². The average molecular weight is 279 g/mol. The zero-order valence-electron chi connectivity index (χ0n) is 11.9. The lowest BCUT2D eigenvalue weighted by Gasteiger charge is -2.18. The number of carbonyl (C=O) groups excluding carboxylic acids is 1. The van der Waals surface area contributed by atoms with Crippen molar-refractivity contribution < 1.29 is 4.79 Å². The smallest absolute Gasteiger partial charge is 0.243 e. The molecule has 0 saturated carbocycles. The van der Waals surface area contributed by atoms with Gasteiger partial charge in [-0.3, -0.25) is 4.79 Å². The molecule has 2 aromatic carbocycles. The molecule has 0 aliphatic carbocycles. The second-order valence-electron chi connectivity index (χ2n) is 4.77. The summed E-state index contributed by atoms with van der Waals surface area (Å²) in [5.74, 6) is -0.0746. The summed E-state index contributed by atoms with van der Waals surface area (Å²) in [5, 5.41) is 11.5. The van der Waals surface area contributed by atoms with Gasteiger partial charge in [0.2, 0.25) is 5.91 Å². The maximum atomic E-state index is 12.0. The predicted molar refractivity (Wildman–Crippen MR) is 84.1 cm³/mol. The van der Waals surface area contributed by atoms with Crippen molar-refractivity contribution in [1.29, 1.82) is 5.26 Å². The topological polar surface area (TPSA) is 56.1 Å². The van der Waals surface area contributed by atoms with Crippen molar-refractivity contribution in [3.8, 4) is 6.07 Å². The fourth-order valence-electron chi connectivity index (χ4n) is 1.99. The molecule has 0 fully saturated rings. The van der Waals surface area contributed by atoms with Crippen molar-refractivity contribution in [2.75, 3.05) is 23.8 Å². The molecule has 1 N–H and O–H groups in total. The fourth-order valence-corrected chi connectivity index (χ4v) is 1.99. The molecule has 0 radical (unpaired) electrons. The number of likely N-dealkylation sites (N-methyl/N-ethyl adjacent to an activating group) is 1. The van der Waals surface area contributed by atoms with E-state index in [0.29, 0.717) is 6.42 Å². The highest BCUT2D eigenvalue weighted by Gasteiger charge is 2.07. The first kappa shape index (κ1) is 14.6. The molecule has 0 unspecified atom stereocenters. The van der Waals surface area contributed by atoms with Crippen LogP contribution in [-0.4, -0.2) is 19.5 Å². The predicted octanol–water partition coefficient (Wildman–Crippen LogP) is 2.83. The Hall–Kier alpha value is -2.80. The Morgan fingerprint density at radius 3 is 2.43 bits per heavy atom. The van der Waals surface area contributed by atoms with Crippen molar-refractivity contribution in [2.24, 2.45) is 0 Å². The molecular weight excluding hydrogens is 262 g/mol. The lowest BCUT2D eigenvalue weighted by molar-refractivity contribution is -0.114. The van der Waals surface area contributed by atoms with Crippen LogP contribution in [0.15, 0.2) is 54.6 Å². The largest absolute Gasteiger partial charge is 0.365 e. The summed E-state index contributed by atoms with van der Waals surface area (Å²) >= 11 is 0. The summed E-state index contributed by atoms with van der Waals surface area (Å²) in [6.45, 7) is 0.282. The third kappa shape index (κ3) is 4.36. The van der Waals surface area contributed by atoms with E-state index in [-0.39, 0.29) is 12.5 Å². The molecule has 0 bridgehead atoms. The molecule has 106 valence electrons. The van der Waals surface area contributed by atoms with Crippen molar-refractivity contribution in [3.63, 3.8) is 0 Å². The Morgan fingerprint density at radius 2 is 1.81 bits per heavy atom. The van der Waals surface area contributed by atoms with Gasteiger partial charge in [0.05, 0.1) is 19.0 Å². The minimum Gasteiger partial charge on any atom is -0.365 e. The number of hydrogen-bond acceptors (Lipinski definition) is 3. The van der Waals surface area contributed by atoms with Crippen LogP contribution in [0.3, 0.4) is 0 Å². The highest BCUT2D eigenvalue weighted by molar-refractivity contribution is 5.94. The first-order valence-corrected chi connectivity index (χ1v) is 6.71. The average Bonchev–Trinajstić information content (AvgIpc) is 2.50. The summed E-state index contributed by atoms with van der Waals surface area (Å²) in [7, 11) is 1.88. The van der Waals surface area contributed by atoms with Crippen LogP contribution in [0.4, 0.5) is 11.4 Å². The fraction of sp³-hybridized carbons (Fsp3) is 0.176. The quantitative estimate of drug-likeness (QED) is 0.915. The Bertz CT molecular complexity index is 629. The van der Waals surface area contributed by atoms with E-state index in [9.17, 15) is 4.79 Å². The summed E-state index contributed by atoms with van der Waals surface area (Å²) < 4.78 is 0. The van der Waals surface area contributed by atoms with Crippen molar-refractivity contribution in [1.82, 2.24) is 0 Å². The molecule has 1 amide bonds. The highest BCUT2D eigenvalue weighted by Crippen LogP contribution is 2.12. The molecule has 2 rings (SSSR count). The molecular formula is C17H17N3O. The van der Waals surface area contributed by atoms with Crippen LogP contribution >= 0.6 is 0 Å². The maximum absolute atomic E-state index is 12.0. The Kier molecular flexibility index (Phi) is 4.94. The number of carbonyl (C=O) groups is 1. The number of hydrogen-bond donors (Lipinski definition) is 1. The zero-order valence-corrected chi connectivity index (χ0v) is 11.9. The zero-order chi connectivity index (χ0) is 15.1. The van der Waals surface area contributed by atoms with Crippen molar-refractivity contribution in [2.45, 2.75) is 6.42 Å². The minimum absolute atomic E-state index is 0.0746. The molecule has 0 aromatic heterocycles. The van der Waals surface area contributed by atoms with Gasteiger partial charge in [-0.05, 0) is 29.8 Å². The van der Waals surface area contributed by atoms with Crippen LogP contribution in [0, 0.1) is 11.3 Å². The minimum atomic E-state index is -0.0746. The SMILES string of the molecule is CN(CC(=O)Nc1ccc(CC#N)cc1)c1ccccc1. The summed E-state index contributed by atoms with van der Waals surface area (Å²) in [5.41, 5.74) is 2.68. The molecule has 21 heavy (non-hydrogen) atoms. The van der Waals surface area contributed by atoms with Crippen LogP contribution in [-0.2, 0) is 11.2 Å². The highest BCUT2D eigenvalue weighted by atomic mass is 16.2. The normalized spacial score (nSPS) is 9.71. The molecule has 0 aliphatic rings. The van der Waals surface area contributed by atoms with Crippen LogP contribution in [0.25, 0.3) is 0 Å². The molecule has 4 nitrogen and oxygen atoms in total. The molecule has 0 aliphatic heterocycles. The summed E-state index contributed by atoms with van der Waals surface area (Å²) in [6.07, 6.45) is 0.380. The van der Waals surface area contributed by atoms with E-state index in [1.54, 1.807) is 0 Å². The van der Waals surface area contributed by atoms with Gasteiger partial charge >= 0.3 is 0 Å². The number of rotatable bonds is 5. The van der Waals surface area contributed by atoms with Gasteiger partial charge in [0.15, 0.2) is 0 Å². The van der Waals surface area contributed by atoms with Gasteiger partial charge < -0.3 is 10.2 Å². The van der Waals surface area contributed by atoms with E-state index in [2.05, 4.69) is 11.4 Å². The standard InChI is InChI=1S/C17H17N3O/c1-20(16-5-3-2-4-6-16)13-17(21)19-15-9-7-14(8-10-15)11-12-18/h2-10H,11,13H2,1H3,(H,19,21). The van der Waals surface area contributed by atoms with E-state index >= 15 is 0 Å². The first-order valence-electron chi connectivity index (χ1n) is 6.71. The van der Waals surface area contributed by atoms with Gasteiger partial charge in [-0.1, -0.05) is 30.3 Å². The van der Waals surface area contributed by atoms with Crippen LogP contribution in [0.1, 0.15) is 5.56 Å². The van der Waals surface area contributed by atoms with Gasteiger partial charge in [0.1, 0.15) is 0 Å². The van der Waals surface area contributed by atoms with Crippen LogP contribution < -0.4 is 10.2 Å². The Labute approximate surface area is 124 Å². The van der Waals surface area contributed by atoms with E-state index in [1.165, 1.54) is 0 Å². The van der Waals surface area contributed by atoms with E-state index in [4.69, 9.17) is 5.26 Å². The van der Waals surface area contributed by atoms with E-state index < -0.39 is 0 Å². The van der Waals surface area contributed by atoms with E-state index in [0.717, 1.165) is 16.9 Å². The molecule has 0 heterocycles. The summed E-state index contributed by atoms with van der Waals surface area (Å²) in [4.78, 5) is 13.9. The molecule has 0 saturated heterocycles. The number of para-hydroxylation sites is 1. The number of benzene rings is 2. The molecule has 0 atom stereocenters. The summed E-state index contributed by atoms with van der Waals surface area (Å²) in [6, 6.07) is 19.2. The lowest BCUT2D eigenvalue weighted by Crippen LogP contribution is -2.29. The number of nitriles is 1. The van der Waals surface area contributed by atoms with Crippen LogP contribution in [0.2, 0.25) is 0 Å². The Morgan fingerprint density at radius 1 is 1.14 bits per heavy atom. The lowest BCUT2D eigenvalue weighted by atomic mass is 10.1. The second kappa shape index (κ2) is 7.11. The second-order valence-corrected chi connectivity index (χ2v) is 4.77.